The van der Waals surface area contributed by atoms with E-state index >= 15 is 0 Å². The second-order valence-corrected chi connectivity index (χ2v) is 6.15. The molecule has 0 atom stereocenters. The molecule has 0 saturated carbocycles. The highest BCUT2D eigenvalue weighted by molar-refractivity contribution is 7.15. The van der Waals surface area contributed by atoms with Crippen LogP contribution in [0.15, 0.2) is 36.5 Å². The minimum absolute atomic E-state index is 0.258. The van der Waals surface area contributed by atoms with Gasteiger partial charge in [0.15, 0.2) is 5.65 Å². The van der Waals surface area contributed by atoms with Crippen LogP contribution < -0.4 is 5.73 Å². The van der Waals surface area contributed by atoms with Crippen molar-refractivity contribution in [1.29, 1.82) is 0 Å². The molecule has 0 aliphatic carbocycles. The lowest BCUT2D eigenvalue weighted by molar-refractivity contribution is 0.628. The molecule has 8 heteroatoms. The number of aromatic amines is 1. The monoisotopic (exact) mass is 326 g/mol. The summed E-state index contributed by atoms with van der Waals surface area (Å²) in [5.41, 5.74) is 8.92. The highest BCUT2D eigenvalue weighted by Crippen LogP contribution is 2.28. The number of thiazole rings is 1. The summed E-state index contributed by atoms with van der Waals surface area (Å²) in [6.45, 7) is 0. The van der Waals surface area contributed by atoms with Crippen molar-refractivity contribution in [1.82, 2.24) is 25.4 Å². The fourth-order valence-electron chi connectivity index (χ4n) is 2.36. The first kappa shape index (κ1) is 13.8. The number of pyridine rings is 1. The van der Waals surface area contributed by atoms with Gasteiger partial charge in [0.25, 0.3) is 0 Å². The molecule has 0 fully saturated rings. The van der Waals surface area contributed by atoms with Crippen LogP contribution in [0.5, 0.6) is 0 Å². The number of anilines is 1. The van der Waals surface area contributed by atoms with Crippen molar-refractivity contribution >= 4 is 28.3 Å². The summed E-state index contributed by atoms with van der Waals surface area (Å²) in [6, 6.07) is 8.09. The molecule has 1 aromatic carbocycles. The molecule has 4 rings (SSSR count). The van der Waals surface area contributed by atoms with Crippen molar-refractivity contribution in [3.05, 3.63) is 52.8 Å². The number of halogens is 1. The number of nitrogens with two attached hydrogens (primary N) is 1. The van der Waals surface area contributed by atoms with Gasteiger partial charge in [-0.1, -0.05) is 5.21 Å². The highest BCUT2D eigenvalue weighted by atomic mass is 32.1. The third-order valence-corrected chi connectivity index (χ3v) is 4.45. The molecule has 23 heavy (non-hydrogen) atoms. The molecule has 4 aromatic rings. The Hall–Kier alpha value is -2.87. The van der Waals surface area contributed by atoms with Crippen molar-refractivity contribution in [2.45, 2.75) is 6.42 Å². The van der Waals surface area contributed by atoms with E-state index in [1.807, 2.05) is 6.20 Å². The van der Waals surface area contributed by atoms with Crippen molar-refractivity contribution in [3.63, 3.8) is 0 Å². The summed E-state index contributed by atoms with van der Waals surface area (Å²) in [7, 11) is 0. The molecule has 114 valence electrons. The molecule has 0 aliphatic heterocycles. The van der Waals surface area contributed by atoms with Gasteiger partial charge in [-0.3, -0.25) is 0 Å². The van der Waals surface area contributed by atoms with E-state index in [9.17, 15) is 4.39 Å². The predicted octanol–water partition coefficient (Wildman–Crippen LogP) is 2.79. The summed E-state index contributed by atoms with van der Waals surface area (Å²) >= 11 is 1.55. The third kappa shape index (κ3) is 2.64. The molecular formula is C15H11FN6S. The number of aromatic nitrogens is 5. The summed E-state index contributed by atoms with van der Waals surface area (Å²) in [5, 5.41) is 11.4. The van der Waals surface area contributed by atoms with Gasteiger partial charge < -0.3 is 5.73 Å². The molecular weight excluding hydrogens is 315 g/mol. The van der Waals surface area contributed by atoms with E-state index in [2.05, 4.69) is 25.4 Å². The maximum absolute atomic E-state index is 13.0. The smallest absolute Gasteiger partial charge is 0.178 e. The van der Waals surface area contributed by atoms with Gasteiger partial charge >= 0.3 is 0 Å². The second kappa shape index (κ2) is 5.40. The predicted molar refractivity (Wildman–Crippen MR) is 86.4 cm³/mol. The average molecular weight is 326 g/mol. The number of nitrogen functional groups attached to an aromatic ring is 1. The number of nitrogens with one attached hydrogen (secondary N) is 1. The minimum atomic E-state index is -0.258. The van der Waals surface area contributed by atoms with Crippen molar-refractivity contribution in [2.75, 3.05) is 5.73 Å². The Balaban J connectivity index is 1.67. The Morgan fingerprint density at radius 3 is 2.87 bits per heavy atom. The van der Waals surface area contributed by atoms with Gasteiger partial charge in [-0.2, -0.15) is 0 Å². The topological polar surface area (TPSA) is 93.4 Å². The van der Waals surface area contributed by atoms with E-state index in [0.29, 0.717) is 23.4 Å². The van der Waals surface area contributed by atoms with Crippen LogP contribution in [0, 0.1) is 5.82 Å². The Labute approximate surface area is 134 Å². The lowest BCUT2D eigenvalue weighted by Crippen LogP contribution is -1.95. The molecule has 3 heterocycles. The van der Waals surface area contributed by atoms with E-state index < -0.39 is 0 Å². The number of hydrogen-bond acceptors (Lipinski definition) is 6. The summed E-state index contributed by atoms with van der Waals surface area (Å²) in [6.07, 6.45) is 2.44. The molecule has 0 amide bonds. The van der Waals surface area contributed by atoms with Gasteiger partial charge in [0.2, 0.25) is 0 Å². The Kier molecular flexibility index (Phi) is 3.23. The van der Waals surface area contributed by atoms with Gasteiger partial charge in [0, 0.05) is 23.1 Å². The van der Waals surface area contributed by atoms with E-state index in [4.69, 9.17) is 5.73 Å². The summed E-state index contributed by atoms with van der Waals surface area (Å²) in [5.74, 6) is 0.160. The Morgan fingerprint density at radius 2 is 2.04 bits per heavy atom. The zero-order valence-corrected chi connectivity index (χ0v) is 12.6. The molecule has 0 saturated heterocycles. The van der Waals surface area contributed by atoms with Crippen LogP contribution in [0.1, 0.15) is 10.4 Å². The number of nitrogens with zero attached hydrogens (tertiary/aromatic N) is 4. The average Bonchev–Trinajstić information content (AvgIpc) is 3.17. The van der Waals surface area contributed by atoms with E-state index in [1.165, 1.54) is 12.1 Å². The second-order valence-electron chi connectivity index (χ2n) is 5.03. The van der Waals surface area contributed by atoms with E-state index in [0.717, 1.165) is 21.0 Å². The summed E-state index contributed by atoms with van der Waals surface area (Å²) < 4.78 is 13.0. The maximum Gasteiger partial charge on any atom is 0.178 e. The van der Waals surface area contributed by atoms with Crippen molar-refractivity contribution in [2.24, 2.45) is 0 Å². The SMILES string of the molecule is Nc1cc(Cc2cnc(-c3ccc(F)cc3)s2)c2nn[nH]c2n1. The highest BCUT2D eigenvalue weighted by Gasteiger charge is 2.11. The van der Waals surface area contributed by atoms with Crippen LogP contribution in [0.3, 0.4) is 0 Å². The van der Waals surface area contributed by atoms with Crippen molar-refractivity contribution < 1.29 is 4.39 Å². The lowest BCUT2D eigenvalue weighted by atomic mass is 10.1. The zero-order valence-electron chi connectivity index (χ0n) is 11.8. The molecule has 0 aliphatic rings. The van der Waals surface area contributed by atoms with E-state index in [1.54, 1.807) is 29.5 Å². The standard InChI is InChI=1S/C15H11FN6S/c16-10-3-1-8(2-4-10)15-18-7-11(23-15)5-9-6-12(17)19-14-13(9)20-22-21-14/h1-4,6-7H,5H2,(H3,17,19,20,21,22). The first-order chi connectivity index (χ1) is 11.2. The molecule has 3 N–H and O–H groups in total. The molecule has 0 unspecified atom stereocenters. The minimum Gasteiger partial charge on any atom is -0.384 e. The number of benzene rings is 1. The van der Waals surface area contributed by atoms with Crippen molar-refractivity contribution in [3.8, 4) is 10.6 Å². The maximum atomic E-state index is 13.0. The normalized spacial score (nSPS) is 11.2. The lowest BCUT2D eigenvalue weighted by Gasteiger charge is -2.01. The van der Waals surface area contributed by atoms with Crippen LogP contribution in [0.25, 0.3) is 21.7 Å². The van der Waals surface area contributed by atoms with Crippen LogP contribution >= 0.6 is 11.3 Å². The largest absolute Gasteiger partial charge is 0.384 e. The summed E-state index contributed by atoms with van der Waals surface area (Å²) in [4.78, 5) is 9.61. The quantitative estimate of drug-likeness (QED) is 0.604. The van der Waals surface area contributed by atoms with Gasteiger partial charge in [-0.05, 0) is 35.9 Å². The third-order valence-electron chi connectivity index (χ3n) is 3.41. The van der Waals surface area contributed by atoms with Gasteiger partial charge in [-0.15, -0.1) is 16.4 Å². The fraction of sp³-hybridized carbons (Fsp3) is 0.0667. The number of rotatable bonds is 3. The molecule has 0 spiro atoms. The number of H-pyrrole nitrogens is 1. The first-order valence-electron chi connectivity index (χ1n) is 6.86. The Bertz CT molecular complexity index is 975. The number of fused-ring (bicyclic) bond motifs is 1. The molecule has 3 aromatic heterocycles. The van der Waals surface area contributed by atoms with Gasteiger partial charge in [-0.25, -0.2) is 19.5 Å². The van der Waals surface area contributed by atoms with Gasteiger partial charge in [0.1, 0.15) is 22.2 Å². The molecule has 6 nitrogen and oxygen atoms in total. The fourth-order valence-corrected chi connectivity index (χ4v) is 3.30. The number of hydrogen-bond donors (Lipinski definition) is 2. The molecule has 0 radical (unpaired) electrons. The van der Waals surface area contributed by atoms with Crippen LogP contribution in [0.2, 0.25) is 0 Å². The van der Waals surface area contributed by atoms with Crippen LogP contribution in [-0.4, -0.2) is 25.4 Å². The zero-order chi connectivity index (χ0) is 15.8. The first-order valence-corrected chi connectivity index (χ1v) is 7.67. The van der Waals surface area contributed by atoms with Crippen LogP contribution in [-0.2, 0) is 6.42 Å². The van der Waals surface area contributed by atoms with E-state index in [-0.39, 0.29) is 5.82 Å². The molecule has 0 bridgehead atoms. The van der Waals surface area contributed by atoms with Crippen LogP contribution in [0.4, 0.5) is 10.2 Å². The van der Waals surface area contributed by atoms with Gasteiger partial charge in [0.05, 0.1) is 0 Å². The Morgan fingerprint density at radius 1 is 1.22 bits per heavy atom.